The standard InChI is InChI=1S/C17H16FN3O2S/c1-10-15(11(2)23-17(22)12-8-19-21(3)9-12)24-16(20-10)13-6-4-5-7-14(13)18/h4-9,11H,1-3H3/t11-/m1/s1. The van der Waals surface area contributed by atoms with Crippen molar-refractivity contribution in [1.29, 1.82) is 0 Å². The summed E-state index contributed by atoms with van der Waals surface area (Å²) in [6.45, 7) is 3.60. The van der Waals surface area contributed by atoms with Crippen LogP contribution in [0.3, 0.4) is 0 Å². The van der Waals surface area contributed by atoms with Gasteiger partial charge in [0.1, 0.15) is 16.9 Å². The Labute approximate surface area is 142 Å². The summed E-state index contributed by atoms with van der Waals surface area (Å²) in [5.74, 6) is -0.770. The van der Waals surface area contributed by atoms with E-state index >= 15 is 0 Å². The number of thiazole rings is 1. The molecule has 2 heterocycles. The van der Waals surface area contributed by atoms with Crippen LogP contribution in [0.25, 0.3) is 10.6 Å². The summed E-state index contributed by atoms with van der Waals surface area (Å²) in [5.41, 5.74) is 1.56. The van der Waals surface area contributed by atoms with Crippen LogP contribution in [0, 0.1) is 12.7 Å². The predicted octanol–water partition coefficient (Wildman–Crippen LogP) is 3.91. The molecule has 0 bridgehead atoms. The average molecular weight is 345 g/mol. The van der Waals surface area contributed by atoms with Crippen LogP contribution in [0.2, 0.25) is 0 Å². The van der Waals surface area contributed by atoms with Gasteiger partial charge >= 0.3 is 5.97 Å². The molecule has 0 aliphatic heterocycles. The fourth-order valence-corrected chi connectivity index (χ4v) is 3.42. The number of aryl methyl sites for hydroxylation is 2. The summed E-state index contributed by atoms with van der Waals surface area (Å²) < 4.78 is 20.9. The molecule has 1 atom stereocenters. The van der Waals surface area contributed by atoms with Gasteiger partial charge < -0.3 is 4.74 Å². The van der Waals surface area contributed by atoms with Gasteiger partial charge in [0, 0.05) is 18.8 Å². The summed E-state index contributed by atoms with van der Waals surface area (Å²) >= 11 is 1.33. The highest BCUT2D eigenvalue weighted by molar-refractivity contribution is 7.15. The number of aromatic nitrogens is 3. The molecule has 0 spiro atoms. The van der Waals surface area contributed by atoms with E-state index < -0.39 is 12.1 Å². The van der Waals surface area contributed by atoms with Gasteiger partial charge in [-0.05, 0) is 26.0 Å². The lowest BCUT2D eigenvalue weighted by Gasteiger charge is -2.11. The highest BCUT2D eigenvalue weighted by Crippen LogP contribution is 2.34. The minimum absolute atomic E-state index is 0.321. The van der Waals surface area contributed by atoms with E-state index in [1.54, 1.807) is 38.4 Å². The third kappa shape index (κ3) is 3.21. The SMILES string of the molecule is Cc1nc(-c2ccccc2F)sc1[C@@H](C)OC(=O)c1cnn(C)c1. The van der Waals surface area contributed by atoms with Gasteiger partial charge in [0.05, 0.1) is 22.3 Å². The lowest BCUT2D eigenvalue weighted by molar-refractivity contribution is 0.0343. The van der Waals surface area contributed by atoms with E-state index in [-0.39, 0.29) is 5.82 Å². The van der Waals surface area contributed by atoms with Crippen LogP contribution in [0.4, 0.5) is 4.39 Å². The molecule has 0 unspecified atom stereocenters. The van der Waals surface area contributed by atoms with Crippen LogP contribution in [-0.2, 0) is 11.8 Å². The number of benzene rings is 1. The molecule has 0 N–H and O–H groups in total. The normalized spacial score (nSPS) is 12.2. The smallest absolute Gasteiger partial charge is 0.341 e. The quantitative estimate of drug-likeness (QED) is 0.673. The number of halogens is 1. The first-order valence-corrected chi connectivity index (χ1v) is 8.19. The van der Waals surface area contributed by atoms with Gasteiger partial charge in [-0.1, -0.05) is 12.1 Å². The Hall–Kier alpha value is -2.54. The van der Waals surface area contributed by atoms with Gasteiger partial charge in [-0.2, -0.15) is 5.10 Å². The van der Waals surface area contributed by atoms with Gasteiger partial charge in [0.2, 0.25) is 0 Å². The van der Waals surface area contributed by atoms with Crippen molar-refractivity contribution in [1.82, 2.24) is 14.8 Å². The molecule has 0 radical (unpaired) electrons. The van der Waals surface area contributed by atoms with Crippen molar-refractivity contribution in [2.45, 2.75) is 20.0 Å². The molecule has 7 heteroatoms. The second kappa shape index (κ2) is 6.52. The number of hydrogen-bond donors (Lipinski definition) is 0. The molecular formula is C17H16FN3O2S. The minimum atomic E-state index is -0.476. The van der Waals surface area contributed by atoms with Crippen molar-refractivity contribution < 1.29 is 13.9 Å². The Bertz CT molecular complexity index is 888. The van der Waals surface area contributed by atoms with E-state index in [0.29, 0.717) is 16.1 Å². The van der Waals surface area contributed by atoms with Crippen molar-refractivity contribution in [3.8, 4) is 10.6 Å². The van der Waals surface area contributed by atoms with E-state index in [4.69, 9.17) is 4.74 Å². The van der Waals surface area contributed by atoms with Crippen LogP contribution in [0.1, 0.15) is 34.0 Å². The predicted molar refractivity (Wildman–Crippen MR) is 89.3 cm³/mol. The second-order valence-corrected chi connectivity index (χ2v) is 6.43. The molecule has 3 aromatic rings. The summed E-state index contributed by atoms with van der Waals surface area (Å²) in [7, 11) is 1.73. The third-order valence-corrected chi connectivity index (χ3v) is 4.88. The topological polar surface area (TPSA) is 57.0 Å². The zero-order valence-corrected chi connectivity index (χ0v) is 14.3. The Kier molecular flexibility index (Phi) is 4.44. The molecule has 0 fully saturated rings. The molecule has 5 nitrogen and oxygen atoms in total. The van der Waals surface area contributed by atoms with Crippen LogP contribution >= 0.6 is 11.3 Å². The number of carbonyl (C=O) groups is 1. The van der Waals surface area contributed by atoms with Gasteiger partial charge in [0.15, 0.2) is 0 Å². The molecular weight excluding hydrogens is 329 g/mol. The molecule has 1 aromatic carbocycles. The Balaban J connectivity index is 1.82. The largest absolute Gasteiger partial charge is 0.453 e. The molecule has 0 amide bonds. The van der Waals surface area contributed by atoms with Crippen molar-refractivity contribution in [2.75, 3.05) is 0 Å². The number of esters is 1. The van der Waals surface area contributed by atoms with Gasteiger partial charge in [0.25, 0.3) is 0 Å². The fourth-order valence-electron chi connectivity index (χ4n) is 2.34. The number of ether oxygens (including phenoxy) is 1. The highest BCUT2D eigenvalue weighted by atomic mass is 32.1. The van der Waals surface area contributed by atoms with Crippen molar-refractivity contribution in [2.24, 2.45) is 7.05 Å². The number of hydrogen-bond acceptors (Lipinski definition) is 5. The summed E-state index contributed by atoms with van der Waals surface area (Å²) in [6.07, 6.45) is 2.58. The van der Waals surface area contributed by atoms with Crippen molar-refractivity contribution in [3.05, 3.63) is 58.6 Å². The van der Waals surface area contributed by atoms with Gasteiger partial charge in [-0.15, -0.1) is 11.3 Å². The van der Waals surface area contributed by atoms with Crippen LogP contribution in [0.5, 0.6) is 0 Å². The summed E-state index contributed by atoms with van der Waals surface area (Å²) in [4.78, 5) is 17.3. The Morgan fingerprint density at radius 1 is 1.38 bits per heavy atom. The summed E-state index contributed by atoms with van der Waals surface area (Å²) in [6, 6.07) is 6.49. The lowest BCUT2D eigenvalue weighted by atomic mass is 10.2. The van der Waals surface area contributed by atoms with E-state index in [9.17, 15) is 9.18 Å². The zero-order chi connectivity index (χ0) is 17.3. The molecule has 2 aromatic heterocycles. The second-order valence-electron chi connectivity index (χ2n) is 5.40. The van der Waals surface area contributed by atoms with Crippen LogP contribution in [-0.4, -0.2) is 20.7 Å². The first-order valence-electron chi connectivity index (χ1n) is 7.37. The Morgan fingerprint density at radius 2 is 2.12 bits per heavy atom. The minimum Gasteiger partial charge on any atom is -0.453 e. The monoisotopic (exact) mass is 345 g/mol. The lowest BCUT2D eigenvalue weighted by Crippen LogP contribution is -2.08. The first-order chi connectivity index (χ1) is 11.5. The molecule has 0 aliphatic rings. The fraction of sp³-hybridized carbons (Fsp3) is 0.235. The highest BCUT2D eigenvalue weighted by Gasteiger charge is 2.21. The number of carbonyl (C=O) groups excluding carboxylic acids is 1. The first kappa shape index (κ1) is 16.3. The maximum atomic E-state index is 13.9. The molecule has 124 valence electrons. The van der Waals surface area contributed by atoms with Crippen LogP contribution in [0.15, 0.2) is 36.7 Å². The van der Waals surface area contributed by atoms with Crippen molar-refractivity contribution in [3.63, 3.8) is 0 Å². The number of rotatable bonds is 4. The molecule has 0 saturated carbocycles. The molecule has 0 aliphatic carbocycles. The van der Waals surface area contributed by atoms with Gasteiger partial charge in [-0.25, -0.2) is 14.2 Å². The molecule has 24 heavy (non-hydrogen) atoms. The zero-order valence-electron chi connectivity index (χ0n) is 13.5. The van der Waals surface area contributed by atoms with Gasteiger partial charge in [-0.3, -0.25) is 4.68 Å². The maximum absolute atomic E-state index is 13.9. The Morgan fingerprint density at radius 3 is 2.79 bits per heavy atom. The molecule has 3 rings (SSSR count). The molecule has 0 saturated heterocycles. The number of nitrogens with zero attached hydrogens (tertiary/aromatic N) is 3. The van der Waals surface area contributed by atoms with E-state index in [1.807, 2.05) is 6.92 Å². The van der Waals surface area contributed by atoms with E-state index in [1.165, 1.54) is 28.3 Å². The van der Waals surface area contributed by atoms with Crippen LogP contribution < -0.4 is 0 Å². The van der Waals surface area contributed by atoms with E-state index in [0.717, 1.165) is 10.6 Å². The summed E-state index contributed by atoms with van der Waals surface area (Å²) in [5, 5.41) is 4.53. The average Bonchev–Trinajstić information content (AvgIpc) is 3.14. The maximum Gasteiger partial charge on any atom is 0.341 e. The van der Waals surface area contributed by atoms with E-state index in [2.05, 4.69) is 10.1 Å². The third-order valence-electron chi connectivity index (χ3n) is 3.53. The van der Waals surface area contributed by atoms with Crippen molar-refractivity contribution >= 4 is 17.3 Å².